The van der Waals surface area contributed by atoms with E-state index >= 15 is 0 Å². The Bertz CT molecular complexity index is 2400. The van der Waals surface area contributed by atoms with E-state index in [1.807, 2.05) is 60.3 Å². The zero-order chi connectivity index (χ0) is 35.0. The summed E-state index contributed by atoms with van der Waals surface area (Å²) in [6.07, 6.45) is 5.77. The van der Waals surface area contributed by atoms with Gasteiger partial charge in [0.25, 0.3) is 0 Å². The fourth-order valence-corrected chi connectivity index (χ4v) is 8.55. The Morgan fingerprint density at radius 2 is 1.47 bits per heavy atom. The average Bonchev–Trinajstić information content (AvgIpc) is 3.70. The first kappa shape index (κ1) is 36.5. The number of aromatic nitrogens is 4. The Morgan fingerprint density at radius 3 is 2.14 bits per heavy atom. The molecule has 7 heteroatoms. The van der Waals surface area contributed by atoms with Gasteiger partial charge in [0.05, 0.1) is 31.1 Å². The van der Waals surface area contributed by atoms with Gasteiger partial charge in [-0.3, -0.25) is 9.97 Å². The SMILES string of the molecule is CC(C)c1cccc(C(C)C)c1-n1c(-c2[c-]cc3sc4ccccc4c3c2)nc2ccncc21.C[Si](C)(C)c1ccc(-c2[c-]cccc2)nc1.[Ir]. The molecule has 0 saturated heterocycles. The number of imidazole rings is 1. The molecule has 259 valence electrons. The molecular formula is C44H42IrN4SSi-2. The first-order valence-corrected chi connectivity index (χ1v) is 21.6. The molecule has 4 heterocycles. The summed E-state index contributed by atoms with van der Waals surface area (Å²) >= 11 is 1.82. The minimum atomic E-state index is -1.23. The second kappa shape index (κ2) is 15.1. The topological polar surface area (TPSA) is 43.6 Å². The van der Waals surface area contributed by atoms with Gasteiger partial charge in [0.2, 0.25) is 0 Å². The molecule has 4 nitrogen and oxygen atoms in total. The van der Waals surface area contributed by atoms with Crippen molar-refractivity contribution in [2.75, 3.05) is 0 Å². The van der Waals surface area contributed by atoms with Crippen molar-refractivity contribution in [3.05, 3.63) is 139 Å². The molecule has 0 spiro atoms. The van der Waals surface area contributed by atoms with Gasteiger partial charge in [-0.25, -0.2) is 0 Å². The van der Waals surface area contributed by atoms with Crippen LogP contribution >= 0.6 is 11.3 Å². The van der Waals surface area contributed by atoms with Crippen LogP contribution in [0.4, 0.5) is 0 Å². The monoisotopic (exact) mass is 879 g/mol. The quantitative estimate of drug-likeness (QED) is 0.123. The molecule has 0 saturated carbocycles. The van der Waals surface area contributed by atoms with Crippen molar-refractivity contribution in [1.82, 2.24) is 19.5 Å². The molecule has 0 bridgehead atoms. The Labute approximate surface area is 320 Å². The molecule has 0 aliphatic rings. The molecule has 0 amide bonds. The van der Waals surface area contributed by atoms with Crippen molar-refractivity contribution in [3.8, 4) is 28.3 Å². The minimum Gasteiger partial charge on any atom is -0.331 e. The van der Waals surface area contributed by atoms with E-state index in [0.717, 1.165) is 33.7 Å². The van der Waals surface area contributed by atoms with Gasteiger partial charge in [-0.05, 0) is 56.1 Å². The Morgan fingerprint density at radius 1 is 0.725 bits per heavy atom. The molecule has 0 fully saturated rings. The molecule has 51 heavy (non-hydrogen) atoms. The van der Waals surface area contributed by atoms with E-state index < -0.39 is 8.07 Å². The number of para-hydroxylation sites is 1. The van der Waals surface area contributed by atoms with Crippen LogP contribution in [-0.4, -0.2) is 27.6 Å². The summed E-state index contributed by atoms with van der Waals surface area (Å²) in [5, 5.41) is 3.94. The van der Waals surface area contributed by atoms with Crippen molar-refractivity contribution in [1.29, 1.82) is 0 Å². The molecule has 8 rings (SSSR count). The number of rotatable bonds is 6. The summed E-state index contributed by atoms with van der Waals surface area (Å²) in [6.45, 7) is 16.0. The number of nitrogens with zero attached hydrogens (tertiary/aromatic N) is 4. The molecule has 0 unspecified atom stereocenters. The smallest absolute Gasteiger partial charge is 0.0822 e. The third kappa shape index (κ3) is 7.40. The van der Waals surface area contributed by atoms with Crippen LogP contribution in [0.5, 0.6) is 0 Å². The maximum Gasteiger partial charge on any atom is 0.0822 e. The maximum absolute atomic E-state index is 5.13. The maximum atomic E-state index is 5.13. The normalized spacial score (nSPS) is 11.6. The summed E-state index contributed by atoms with van der Waals surface area (Å²) in [5.41, 5.74) is 8.89. The largest absolute Gasteiger partial charge is 0.331 e. The van der Waals surface area contributed by atoms with Crippen LogP contribution in [0.25, 0.3) is 59.5 Å². The summed E-state index contributed by atoms with van der Waals surface area (Å²) in [4.78, 5) is 14.1. The van der Waals surface area contributed by atoms with E-state index in [2.05, 4.69) is 141 Å². The molecule has 4 aromatic heterocycles. The molecule has 4 aromatic carbocycles. The fraction of sp³-hybridized carbons (Fsp3) is 0.205. The fourth-order valence-electron chi connectivity index (χ4n) is 6.45. The van der Waals surface area contributed by atoms with Crippen molar-refractivity contribution in [2.24, 2.45) is 0 Å². The predicted molar refractivity (Wildman–Crippen MR) is 216 cm³/mol. The molecule has 0 N–H and O–H groups in total. The van der Waals surface area contributed by atoms with E-state index in [4.69, 9.17) is 4.98 Å². The van der Waals surface area contributed by atoms with Crippen molar-refractivity contribution in [2.45, 2.75) is 59.2 Å². The van der Waals surface area contributed by atoms with E-state index in [1.54, 1.807) is 0 Å². The Kier molecular flexibility index (Phi) is 10.8. The third-order valence-electron chi connectivity index (χ3n) is 9.19. The van der Waals surface area contributed by atoms with E-state index in [-0.39, 0.29) is 20.1 Å². The third-order valence-corrected chi connectivity index (χ3v) is 12.3. The average molecular weight is 879 g/mol. The molecule has 1 radical (unpaired) electrons. The number of benzene rings is 4. The van der Waals surface area contributed by atoms with Crippen LogP contribution in [0.2, 0.25) is 19.6 Å². The van der Waals surface area contributed by atoms with Gasteiger partial charge in [-0.1, -0.05) is 101 Å². The van der Waals surface area contributed by atoms with Crippen molar-refractivity contribution in [3.63, 3.8) is 0 Å². The molecule has 0 aliphatic heterocycles. The van der Waals surface area contributed by atoms with Crippen LogP contribution in [-0.2, 0) is 20.1 Å². The molecule has 8 aromatic rings. The predicted octanol–water partition coefficient (Wildman–Crippen LogP) is 11.6. The zero-order valence-electron chi connectivity index (χ0n) is 30.2. The number of hydrogen-bond acceptors (Lipinski definition) is 4. The number of fused-ring (bicyclic) bond motifs is 4. The minimum absolute atomic E-state index is 0. The van der Waals surface area contributed by atoms with E-state index in [0.29, 0.717) is 11.8 Å². The Hall–Kier alpha value is -4.26. The van der Waals surface area contributed by atoms with Crippen LogP contribution in [0.3, 0.4) is 0 Å². The first-order valence-electron chi connectivity index (χ1n) is 17.3. The van der Waals surface area contributed by atoms with E-state index in [9.17, 15) is 0 Å². The summed E-state index contributed by atoms with van der Waals surface area (Å²) < 4.78 is 4.87. The summed E-state index contributed by atoms with van der Waals surface area (Å²) in [5.74, 6) is 1.67. The van der Waals surface area contributed by atoms with Crippen molar-refractivity contribution >= 4 is 55.8 Å². The number of thiophene rings is 1. The first-order chi connectivity index (χ1) is 24.1. The molecule has 0 aliphatic carbocycles. The van der Waals surface area contributed by atoms with Crippen LogP contribution in [0.15, 0.2) is 116 Å². The second-order valence-electron chi connectivity index (χ2n) is 14.4. The van der Waals surface area contributed by atoms with Gasteiger partial charge in [0, 0.05) is 42.9 Å². The molecular weight excluding hydrogens is 837 g/mol. The van der Waals surface area contributed by atoms with Gasteiger partial charge in [-0.2, -0.15) is 11.3 Å². The van der Waals surface area contributed by atoms with Gasteiger partial charge < -0.3 is 9.55 Å². The Balaban J connectivity index is 0.000000222. The van der Waals surface area contributed by atoms with Crippen LogP contribution < -0.4 is 5.19 Å². The second-order valence-corrected chi connectivity index (χ2v) is 20.6. The van der Waals surface area contributed by atoms with Crippen LogP contribution in [0, 0.1) is 12.1 Å². The summed E-state index contributed by atoms with van der Waals surface area (Å²) in [6, 6.07) is 40.7. The number of pyridine rings is 2. The zero-order valence-corrected chi connectivity index (χ0v) is 34.4. The number of hydrogen-bond donors (Lipinski definition) is 0. The van der Waals surface area contributed by atoms with Crippen LogP contribution in [0.1, 0.15) is 50.7 Å². The summed E-state index contributed by atoms with van der Waals surface area (Å²) in [7, 11) is -1.23. The van der Waals surface area contributed by atoms with Gasteiger partial charge in [-0.15, -0.1) is 59.7 Å². The van der Waals surface area contributed by atoms with Crippen molar-refractivity contribution < 1.29 is 20.1 Å². The van der Waals surface area contributed by atoms with Gasteiger partial charge in [0.1, 0.15) is 0 Å². The van der Waals surface area contributed by atoms with Gasteiger partial charge >= 0.3 is 0 Å². The van der Waals surface area contributed by atoms with E-state index in [1.165, 1.54) is 42.2 Å². The van der Waals surface area contributed by atoms with Gasteiger partial charge in [0.15, 0.2) is 0 Å². The standard InChI is InChI=1S/C30H26N3S.C14H16NSi.Ir/c1-18(2)21-9-7-10-22(19(3)4)29(21)33-26-17-31-15-14-25(26)32-30(33)20-12-13-28-24(16-20)23-8-5-6-11-27(23)34-28;1-16(2,3)13-9-10-14(15-11-13)12-7-5-4-6-8-12;/h5-11,13-19H,1-4H3;4-7,9-11H,1-3H3;/q2*-1;. The molecule has 0 atom stereocenters.